The van der Waals surface area contributed by atoms with E-state index in [1.54, 1.807) is 0 Å². The summed E-state index contributed by atoms with van der Waals surface area (Å²) in [5, 5.41) is 13.4. The fourth-order valence-electron chi connectivity index (χ4n) is 2.88. The van der Waals surface area contributed by atoms with E-state index in [1.165, 1.54) is 55.6 Å². The van der Waals surface area contributed by atoms with Crippen LogP contribution in [-0.2, 0) is 10.0 Å². The molecule has 0 saturated carbocycles. The van der Waals surface area contributed by atoms with E-state index in [2.05, 4.69) is 14.8 Å². The number of rotatable bonds is 9. The molecule has 3 aromatic rings. The van der Waals surface area contributed by atoms with Crippen LogP contribution in [0.5, 0.6) is 11.5 Å². The molecular formula is C21H17F2N3O7S. The summed E-state index contributed by atoms with van der Waals surface area (Å²) in [4.78, 5) is 22.7. The Morgan fingerprint density at radius 3 is 2.44 bits per heavy atom. The number of benzene rings is 3. The summed E-state index contributed by atoms with van der Waals surface area (Å²) in [6.07, 6.45) is 0. The van der Waals surface area contributed by atoms with Crippen molar-refractivity contribution in [1.29, 1.82) is 0 Å². The molecule has 0 fully saturated rings. The van der Waals surface area contributed by atoms with Crippen LogP contribution in [0.1, 0.15) is 10.4 Å². The van der Waals surface area contributed by atoms with Crippen molar-refractivity contribution < 1.29 is 36.4 Å². The zero-order chi connectivity index (χ0) is 24.9. The minimum Gasteiger partial charge on any atom is -0.493 e. The zero-order valence-corrected chi connectivity index (χ0v) is 18.2. The fraction of sp³-hybridized carbons (Fsp3) is 0.0952. The SMILES string of the molecule is COc1ccc(NC(=O)c2ccccc2NS(=O)(=O)c2cccc([N+](=O)[O-])c2)cc1OC(F)F. The minimum absolute atomic E-state index is 0.0170. The first kappa shape index (κ1) is 24.4. The third-order valence-corrected chi connectivity index (χ3v) is 5.76. The number of alkyl halides is 2. The molecule has 0 atom stereocenters. The van der Waals surface area contributed by atoms with Crippen molar-refractivity contribution >= 4 is 33.0 Å². The Kier molecular flexibility index (Phi) is 7.26. The number of nitro groups is 1. The van der Waals surface area contributed by atoms with Crippen molar-refractivity contribution in [3.8, 4) is 11.5 Å². The number of halogens is 2. The van der Waals surface area contributed by atoms with Gasteiger partial charge in [-0.25, -0.2) is 8.42 Å². The predicted octanol–water partition coefficient (Wildman–Crippen LogP) is 4.26. The van der Waals surface area contributed by atoms with Crippen LogP contribution >= 0.6 is 0 Å². The smallest absolute Gasteiger partial charge is 0.387 e. The maximum absolute atomic E-state index is 12.8. The normalized spacial score (nSPS) is 11.1. The molecule has 0 bridgehead atoms. The van der Waals surface area contributed by atoms with Crippen molar-refractivity contribution in [2.75, 3.05) is 17.1 Å². The molecule has 34 heavy (non-hydrogen) atoms. The molecule has 0 aliphatic heterocycles. The van der Waals surface area contributed by atoms with Crippen LogP contribution in [0.15, 0.2) is 71.6 Å². The molecule has 178 valence electrons. The largest absolute Gasteiger partial charge is 0.493 e. The lowest BCUT2D eigenvalue weighted by atomic mass is 10.1. The number of nitro benzene ring substituents is 1. The Bertz CT molecular complexity index is 1330. The molecule has 0 heterocycles. The number of anilines is 2. The first-order chi connectivity index (χ1) is 16.1. The molecule has 0 aromatic heterocycles. The van der Waals surface area contributed by atoms with E-state index in [4.69, 9.17) is 4.74 Å². The van der Waals surface area contributed by atoms with Crippen LogP contribution in [0.2, 0.25) is 0 Å². The summed E-state index contributed by atoms with van der Waals surface area (Å²) in [6.45, 7) is -3.12. The molecule has 0 spiro atoms. The number of para-hydroxylation sites is 1. The van der Waals surface area contributed by atoms with Crippen molar-refractivity contribution in [2.24, 2.45) is 0 Å². The highest BCUT2D eigenvalue weighted by Crippen LogP contribution is 2.32. The van der Waals surface area contributed by atoms with E-state index in [0.29, 0.717) is 0 Å². The van der Waals surface area contributed by atoms with Gasteiger partial charge in [0.25, 0.3) is 21.6 Å². The summed E-state index contributed by atoms with van der Waals surface area (Å²) in [6, 6.07) is 13.8. The molecule has 0 unspecified atom stereocenters. The summed E-state index contributed by atoms with van der Waals surface area (Å²) in [7, 11) is -3.02. The number of methoxy groups -OCH3 is 1. The van der Waals surface area contributed by atoms with Gasteiger partial charge in [0.05, 0.1) is 28.2 Å². The average molecular weight is 493 g/mol. The molecule has 0 radical (unpaired) electrons. The highest BCUT2D eigenvalue weighted by Gasteiger charge is 2.21. The Balaban J connectivity index is 1.87. The van der Waals surface area contributed by atoms with E-state index in [-0.39, 0.29) is 33.3 Å². The number of carbonyl (C=O) groups excluding carboxylic acids is 1. The van der Waals surface area contributed by atoms with E-state index in [9.17, 15) is 32.1 Å². The third kappa shape index (κ3) is 5.75. The van der Waals surface area contributed by atoms with Gasteiger partial charge in [0.1, 0.15) is 0 Å². The number of nitrogens with one attached hydrogen (secondary N) is 2. The van der Waals surface area contributed by atoms with Gasteiger partial charge in [0, 0.05) is 23.9 Å². The second-order valence-corrected chi connectivity index (χ2v) is 8.29. The summed E-state index contributed by atoms with van der Waals surface area (Å²) < 4.78 is 62.4. The predicted molar refractivity (Wildman–Crippen MR) is 118 cm³/mol. The highest BCUT2D eigenvalue weighted by molar-refractivity contribution is 7.92. The van der Waals surface area contributed by atoms with Crippen LogP contribution in [0.3, 0.4) is 0 Å². The maximum Gasteiger partial charge on any atom is 0.387 e. The van der Waals surface area contributed by atoms with Crippen LogP contribution in [0, 0.1) is 10.1 Å². The van der Waals surface area contributed by atoms with E-state index in [1.807, 2.05) is 0 Å². The van der Waals surface area contributed by atoms with Gasteiger partial charge < -0.3 is 14.8 Å². The van der Waals surface area contributed by atoms with Gasteiger partial charge in [-0.1, -0.05) is 18.2 Å². The topological polar surface area (TPSA) is 137 Å². The lowest BCUT2D eigenvalue weighted by Crippen LogP contribution is -2.18. The second-order valence-electron chi connectivity index (χ2n) is 6.60. The van der Waals surface area contributed by atoms with Gasteiger partial charge in [-0.05, 0) is 30.3 Å². The number of nitrogens with zero attached hydrogens (tertiary/aromatic N) is 1. The molecular weight excluding hydrogens is 476 g/mol. The fourth-order valence-corrected chi connectivity index (χ4v) is 4.00. The molecule has 1 amide bonds. The van der Waals surface area contributed by atoms with Crippen LogP contribution in [-0.4, -0.2) is 33.0 Å². The van der Waals surface area contributed by atoms with Crippen molar-refractivity contribution in [2.45, 2.75) is 11.5 Å². The van der Waals surface area contributed by atoms with E-state index < -0.39 is 33.2 Å². The average Bonchev–Trinajstić information content (AvgIpc) is 2.79. The Morgan fingerprint density at radius 2 is 1.76 bits per heavy atom. The molecule has 3 aromatic carbocycles. The molecule has 0 saturated heterocycles. The van der Waals surface area contributed by atoms with Crippen molar-refractivity contribution in [1.82, 2.24) is 0 Å². The van der Waals surface area contributed by atoms with E-state index in [0.717, 1.165) is 18.2 Å². The monoisotopic (exact) mass is 493 g/mol. The number of sulfonamides is 1. The van der Waals surface area contributed by atoms with E-state index >= 15 is 0 Å². The number of ether oxygens (including phenoxy) is 2. The van der Waals surface area contributed by atoms with Gasteiger partial charge in [-0.15, -0.1) is 0 Å². The first-order valence-electron chi connectivity index (χ1n) is 9.41. The first-order valence-corrected chi connectivity index (χ1v) is 10.9. The highest BCUT2D eigenvalue weighted by atomic mass is 32.2. The van der Waals surface area contributed by atoms with Crippen LogP contribution < -0.4 is 19.5 Å². The molecule has 2 N–H and O–H groups in total. The third-order valence-electron chi connectivity index (χ3n) is 4.39. The summed E-state index contributed by atoms with van der Waals surface area (Å²) >= 11 is 0. The van der Waals surface area contributed by atoms with Gasteiger partial charge in [0.15, 0.2) is 11.5 Å². The number of amides is 1. The van der Waals surface area contributed by atoms with Crippen molar-refractivity contribution in [3.63, 3.8) is 0 Å². The standard InChI is InChI=1S/C21H17F2N3O7S/c1-32-18-10-9-13(11-19(18)33-21(22)23)24-20(27)16-7-2-3-8-17(16)25-34(30,31)15-6-4-5-14(12-15)26(28)29/h2-12,21,25H,1H3,(H,24,27). The molecule has 13 heteroatoms. The summed E-state index contributed by atoms with van der Waals surface area (Å²) in [5.41, 5.74) is -0.541. The Labute approximate surface area is 192 Å². The zero-order valence-electron chi connectivity index (χ0n) is 17.4. The number of hydrogen-bond acceptors (Lipinski definition) is 7. The van der Waals surface area contributed by atoms with Gasteiger partial charge >= 0.3 is 6.61 Å². The van der Waals surface area contributed by atoms with Gasteiger partial charge in [0.2, 0.25) is 0 Å². The van der Waals surface area contributed by atoms with Crippen molar-refractivity contribution in [3.05, 3.63) is 82.4 Å². The van der Waals surface area contributed by atoms with Crippen LogP contribution in [0.4, 0.5) is 25.8 Å². The Hall–Kier alpha value is -4.26. The summed E-state index contributed by atoms with van der Waals surface area (Å²) in [5.74, 6) is -1.05. The van der Waals surface area contributed by atoms with Gasteiger partial charge in [-0.3, -0.25) is 19.6 Å². The Morgan fingerprint density at radius 1 is 1.03 bits per heavy atom. The molecule has 0 aliphatic rings. The maximum atomic E-state index is 12.8. The second kappa shape index (κ2) is 10.1. The quantitative estimate of drug-likeness (QED) is 0.336. The van der Waals surface area contributed by atoms with Gasteiger partial charge in [-0.2, -0.15) is 8.78 Å². The number of non-ortho nitro benzene ring substituents is 1. The lowest BCUT2D eigenvalue weighted by molar-refractivity contribution is -0.385. The van der Waals surface area contributed by atoms with Crippen LogP contribution in [0.25, 0.3) is 0 Å². The molecule has 0 aliphatic carbocycles. The lowest BCUT2D eigenvalue weighted by Gasteiger charge is -2.14. The number of hydrogen-bond donors (Lipinski definition) is 2. The molecule has 3 rings (SSSR count). The molecule has 10 nitrogen and oxygen atoms in total. The number of carbonyl (C=O) groups is 1. The minimum atomic E-state index is -4.28.